The van der Waals surface area contributed by atoms with Crippen molar-refractivity contribution in [2.45, 2.75) is 18.9 Å². The normalized spacial score (nSPS) is 12.8. The molecular weight excluding hydrogens is 258 g/mol. The van der Waals surface area contributed by atoms with Gasteiger partial charge in [-0.25, -0.2) is 0 Å². The Balaban J connectivity index is 2.39. The lowest BCUT2D eigenvalue weighted by atomic mass is 10.1. The number of halogens is 1. The van der Waals surface area contributed by atoms with Crippen molar-refractivity contribution in [1.29, 1.82) is 0 Å². The number of thioether (sulfide) groups is 1. The van der Waals surface area contributed by atoms with E-state index in [-0.39, 0.29) is 0 Å². The molecule has 1 nitrogen and oxygen atoms in total. The summed E-state index contributed by atoms with van der Waals surface area (Å²) in [6.07, 6.45) is 4.19. The van der Waals surface area contributed by atoms with Crippen LogP contribution in [-0.2, 0) is 6.42 Å². The van der Waals surface area contributed by atoms with Crippen LogP contribution in [-0.4, -0.2) is 18.1 Å². The molecule has 0 saturated carbocycles. The van der Waals surface area contributed by atoms with E-state index in [1.165, 1.54) is 5.56 Å². The second-order valence-electron chi connectivity index (χ2n) is 3.37. The minimum atomic E-state index is 0.295. The molecule has 0 fully saturated rings. The molecule has 0 radical (unpaired) electrons. The molecule has 2 N–H and O–H groups in total. The Labute approximate surface area is 98.6 Å². The van der Waals surface area contributed by atoms with E-state index in [4.69, 9.17) is 5.73 Å². The van der Waals surface area contributed by atoms with E-state index in [1.54, 1.807) is 0 Å². The van der Waals surface area contributed by atoms with Crippen molar-refractivity contribution in [2.75, 3.05) is 12.0 Å². The van der Waals surface area contributed by atoms with E-state index >= 15 is 0 Å². The highest BCUT2D eigenvalue weighted by atomic mass is 79.9. The summed E-state index contributed by atoms with van der Waals surface area (Å²) in [5.41, 5.74) is 7.33. The van der Waals surface area contributed by atoms with Gasteiger partial charge in [0.05, 0.1) is 0 Å². The summed E-state index contributed by atoms with van der Waals surface area (Å²) < 4.78 is 1.12. The van der Waals surface area contributed by atoms with Crippen LogP contribution < -0.4 is 5.73 Å². The molecule has 0 amide bonds. The van der Waals surface area contributed by atoms with E-state index in [1.807, 2.05) is 11.8 Å². The van der Waals surface area contributed by atoms with Gasteiger partial charge in [0, 0.05) is 10.5 Å². The molecule has 1 aromatic carbocycles. The maximum atomic E-state index is 6.00. The van der Waals surface area contributed by atoms with Crippen LogP contribution in [0.25, 0.3) is 0 Å². The summed E-state index contributed by atoms with van der Waals surface area (Å²) in [5.74, 6) is 1.15. The van der Waals surface area contributed by atoms with Crippen LogP contribution in [0.3, 0.4) is 0 Å². The average molecular weight is 274 g/mol. The third-order valence-electron chi connectivity index (χ3n) is 2.10. The quantitative estimate of drug-likeness (QED) is 0.893. The number of nitrogens with two attached hydrogens (primary N) is 1. The molecule has 14 heavy (non-hydrogen) atoms. The highest BCUT2D eigenvalue weighted by Gasteiger charge is 2.03. The van der Waals surface area contributed by atoms with Crippen molar-refractivity contribution in [1.82, 2.24) is 0 Å². The SMILES string of the molecule is CSCCC(N)Cc1ccc(Br)cc1. The zero-order chi connectivity index (χ0) is 10.4. The topological polar surface area (TPSA) is 26.0 Å². The molecule has 0 bridgehead atoms. The zero-order valence-electron chi connectivity index (χ0n) is 8.37. The largest absolute Gasteiger partial charge is 0.327 e. The molecule has 1 aromatic rings. The maximum absolute atomic E-state index is 6.00. The summed E-state index contributed by atoms with van der Waals surface area (Å²) in [7, 11) is 0. The Morgan fingerprint density at radius 1 is 1.36 bits per heavy atom. The van der Waals surface area contributed by atoms with E-state index in [0.717, 1.165) is 23.1 Å². The fraction of sp³-hybridized carbons (Fsp3) is 0.455. The minimum absolute atomic E-state index is 0.295. The maximum Gasteiger partial charge on any atom is 0.0175 e. The standard InChI is InChI=1S/C11H16BrNS/c1-14-7-6-11(13)8-9-2-4-10(12)5-3-9/h2-5,11H,6-8,13H2,1H3. The highest BCUT2D eigenvalue weighted by molar-refractivity contribution is 9.10. The summed E-state index contributed by atoms with van der Waals surface area (Å²) in [6, 6.07) is 8.68. The lowest BCUT2D eigenvalue weighted by Gasteiger charge is -2.10. The molecule has 1 rings (SSSR count). The highest BCUT2D eigenvalue weighted by Crippen LogP contribution is 2.12. The van der Waals surface area contributed by atoms with Gasteiger partial charge in [0.15, 0.2) is 0 Å². The molecule has 0 heterocycles. The predicted molar refractivity (Wildman–Crippen MR) is 68.8 cm³/mol. The molecule has 0 aliphatic rings. The lowest BCUT2D eigenvalue weighted by Crippen LogP contribution is -2.23. The molecule has 0 aliphatic heterocycles. The summed E-state index contributed by atoms with van der Waals surface area (Å²) in [6.45, 7) is 0. The van der Waals surface area contributed by atoms with Crippen molar-refractivity contribution >= 4 is 27.7 Å². The molecule has 0 saturated heterocycles. The van der Waals surface area contributed by atoms with Crippen LogP contribution in [0.2, 0.25) is 0 Å². The lowest BCUT2D eigenvalue weighted by molar-refractivity contribution is 0.652. The molecule has 1 unspecified atom stereocenters. The number of hydrogen-bond acceptors (Lipinski definition) is 2. The van der Waals surface area contributed by atoms with Crippen molar-refractivity contribution in [2.24, 2.45) is 5.73 Å². The third-order valence-corrected chi connectivity index (χ3v) is 3.28. The second-order valence-corrected chi connectivity index (χ2v) is 5.27. The molecule has 1 atom stereocenters. The van der Waals surface area contributed by atoms with Gasteiger partial charge in [0.2, 0.25) is 0 Å². The fourth-order valence-electron chi connectivity index (χ4n) is 1.29. The summed E-state index contributed by atoms with van der Waals surface area (Å²) in [4.78, 5) is 0. The predicted octanol–water partition coefficient (Wildman–Crippen LogP) is 3.07. The van der Waals surface area contributed by atoms with Crippen molar-refractivity contribution in [3.8, 4) is 0 Å². The second kappa shape index (κ2) is 6.49. The average Bonchev–Trinajstić information content (AvgIpc) is 2.18. The van der Waals surface area contributed by atoms with Crippen LogP contribution >= 0.6 is 27.7 Å². The molecule has 0 aromatic heterocycles. The smallest absolute Gasteiger partial charge is 0.0175 e. The minimum Gasteiger partial charge on any atom is -0.327 e. The van der Waals surface area contributed by atoms with Crippen LogP contribution in [0.5, 0.6) is 0 Å². The first-order valence-corrected chi connectivity index (χ1v) is 6.90. The van der Waals surface area contributed by atoms with Gasteiger partial charge in [-0.05, 0) is 42.5 Å². The number of benzene rings is 1. The van der Waals surface area contributed by atoms with Gasteiger partial charge < -0.3 is 5.73 Å². The monoisotopic (exact) mass is 273 g/mol. The Kier molecular flexibility index (Phi) is 5.60. The molecule has 78 valence electrons. The van der Waals surface area contributed by atoms with Crippen LogP contribution in [0.4, 0.5) is 0 Å². The molecule has 0 aliphatic carbocycles. The van der Waals surface area contributed by atoms with Crippen molar-refractivity contribution < 1.29 is 0 Å². The molecule has 3 heteroatoms. The van der Waals surface area contributed by atoms with Crippen molar-refractivity contribution in [3.05, 3.63) is 34.3 Å². The van der Waals surface area contributed by atoms with Gasteiger partial charge in [-0.2, -0.15) is 11.8 Å². The molecule has 0 spiro atoms. The van der Waals surface area contributed by atoms with E-state index in [0.29, 0.717) is 6.04 Å². The fourth-order valence-corrected chi connectivity index (χ4v) is 2.10. The first kappa shape index (κ1) is 12.1. The van der Waals surface area contributed by atoms with Gasteiger partial charge in [0.25, 0.3) is 0 Å². The van der Waals surface area contributed by atoms with Gasteiger partial charge in [-0.3, -0.25) is 0 Å². The zero-order valence-corrected chi connectivity index (χ0v) is 10.8. The molecular formula is C11H16BrNS. The Bertz CT molecular complexity index is 260. The number of hydrogen-bond donors (Lipinski definition) is 1. The van der Waals surface area contributed by atoms with Crippen LogP contribution in [0, 0.1) is 0 Å². The summed E-state index contributed by atoms with van der Waals surface area (Å²) in [5, 5.41) is 0. The van der Waals surface area contributed by atoms with E-state index in [9.17, 15) is 0 Å². The Morgan fingerprint density at radius 2 is 2.00 bits per heavy atom. The van der Waals surface area contributed by atoms with Gasteiger partial charge >= 0.3 is 0 Å². The first-order chi connectivity index (χ1) is 6.72. The first-order valence-electron chi connectivity index (χ1n) is 4.71. The van der Waals surface area contributed by atoms with Crippen molar-refractivity contribution in [3.63, 3.8) is 0 Å². The van der Waals surface area contributed by atoms with Gasteiger partial charge in [0.1, 0.15) is 0 Å². The van der Waals surface area contributed by atoms with Gasteiger partial charge in [-0.1, -0.05) is 28.1 Å². The summed E-state index contributed by atoms with van der Waals surface area (Å²) >= 11 is 5.27. The Hall–Kier alpha value is 0.01000. The number of rotatable bonds is 5. The third kappa shape index (κ3) is 4.49. The Morgan fingerprint density at radius 3 is 2.57 bits per heavy atom. The van der Waals surface area contributed by atoms with E-state index < -0.39 is 0 Å². The van der Waals surface area contributed by atoms with Crippen LogP contribution in [0.1, 0.15) is 12.0 Å². The van der Waals surface area contributed by atoms with E-state index in [2.05, 4.69) is 46.5 Å². The van der Waals surface area contributed by atoms with Crippen LogP contribution in [0.15, 0.2) is 28.7 Å². The van der Waals surface area contributed by atoms with Gasteiger partial charge in [-0.15, -0.1) is 0 Å².